The Labute approximate surface area is 213 Å². The van der Waals surface area contributed by atoms with Crippen molar-refractivity contribution in [3.63, 3.8) is 0 Å². The zero-order valence-corrected chi connectivity index (χ0v) is 20.4. The van der Waals surface area contributed by atoms with Crippen molar-refractivity contribution in [1.82, 2.24) is 0 Å². The normalized spacial score (nSPS) is 26.3. The maximum Gasteiger partial charge on any atom is 0.335 e. The number of carbonyl (C=O) groups excluding carboxylic acids is 1. The summed E-state index contributed by atoms with van der Waals surface area (Å²) in [7, 11) is 1.55. The summed E-state index contributed by atoms with van der Waals surface area (Å²) in [5.74, 6) is -0.383. The van der Waals surface area contributed by atoms with Crippen molar-refractivity contribution < 1.29 is 49.0 Å². The van der Waals surface area contributed by atoms with Crippen LogP contribution in [0.15, 0.2) is 48.6 Å². The highest BCUT2D eigenvalue weighted by molar-refractivity contribution is 6.07. The lowest BCUT2D eigenvalue weighted by Gasteiger charge is -2.38. The third-order valence-electron chi connectivity index (χ3n) is 6.03. The molecule has 0 radical (unpaired) electrons. The minimum absolute atomic E-state index is 0.156. The van der Waals surface area contributed by atoms with Gasteiger partial charge in [0.15, 0.2) is 11.9 Å². The number of hydrogen-bond donors (Lipinski definition) is 4. The second-order valence-corrected chi connectivity index (χ2v) is 9.21. The molecule has 37 heavy (non-hydrogen) atoms. The molecular weight excluding hydrogens is 484 g/mol. The summed E-state index contributed by atoms with van der Waals surface area (Å²) in [6, 6.07) is 9.48. The zero-order chi connectivity index (χ0) is 26.9. The Morgan fingerprint density at radius 3 is 2.35 bits per heavy atom. The number of carboxylic acid groups (broad SMARTS) is 1. The molecule has 5 atom stereocenters. The van der Waals surface area contributed by atoms with E-state index in [1.165, 1.54) is 30.3 Å². The second-order valence-electron chi connectivity index (χ2n) is 9.21. The molecule has 0 bridgehead atoms. The second kappa shape index (κ2) is 10.3. The lowest BCUT2D eigenvalue weighted by atomic mass is 9.99. The number of rotatable bonds is 7. The molecule has 2 heterocycles. The first-order valence-electron chi connectivity index (χ1n) is 11.5. The summed E-state index contributed by atoms with van der Waals surface area (Å²) in [5, 5.41) is 38.9. The molecule has 10 heteroatoms. The fourth-order valence-electron chi connectivity index (χ4n) is 4.05. The summed E-state index contributed by atoms with van der Waals surface area (Å²) in [6.07, 6.45) is -1.69. The maximum absolute atomic E-state index is 12.7. The molecule has 1 fully saturated rings. The van der Waals surface area contributed by atoms with E-state index in [0.29, 0.717) is 22.6 Å². The topological polar surface area (TPSA) is 152 Å². The number of ketones is 1. The molecule has 10 nitrogen and oxygen atoms in total. The number of allylic oxidation sites excluding steroid dienone is 1. The third kappa shape index (κ3) is 5.52. The van der Waals surface area contributed by atoms with E-state index >= 15 is 0 Å². The summed E-state index contributed by atoms with van der Waals surface area (Å²) < 4.78 is 22.1. The van der Waals surface area contributed by atoms with E-state index in [4.69, 9.17) is 24.1 Å². The molecule has 0 amide bonds. The fourth-order valence-corrected chi connectivity index (χ4v) is 4.05. The van der Waals surface area contributed by atoms with E-state index in [1.807, 2.05) is 32.1 Å². The highest BCUT2D eigenvalue weighted by Crippen LogP contribution is 2.39. The van der Waals surface area contributed by atoms with Crippen LogP contribution in [0.1, 0.15) is 35.3 Å². The van der Waals surface area contributed by atoms with Gasteiger partial charge in [0.2, 0.25) is 6.29 Å². The van der Waals surface area contributed by atoms with Crippen molar-refractivity contribution in [3.8, 4) is 17.2 Å². The van der Waals surface area contributed by atoms with Crippen LogP contribution < -0.4 is 14.2 Å². The molecule has 0 saturated carbocycles. The molecule has 2 aromatic carbocycles. The zero-order valence-electron chi connectivity index (χ0n) is 20.4. The predicted octanol–water partition coefficient (Wildman–Crippen LogP) is 2.05. The van der Waals surface area contributed by atoms with Crippen molar-refractivity contribution in [3.05, 3.63) is 65.2 Å². The molecule has 2 aliphatic heterocycles. The van der Waals surface area contributed by atoms with Crippen LogP contribution in [-0.4, -0.2) is 75.6 Å². The number of aliphatic carboxylic acids is 1. The molecule has 0 aromatic heterocycles. The first-order chi connectivity index (χ1) is 17.5. The van der Waals surface area contributed by atoms with E-state index < -0.39 is 42.3 Å². The molecule has 196 valence electrons. The van der Waals surface area contributed by atoms with Gasteiger partial charge in [-0.1, -0.05) is 0 Å². The Morgan fingerprint density at radius 2 is 1.70 bits per heavy atom. The molecule has 0 spiro atoms. The van der Waals surface area contributed by atoms with Crippen molar-refractivity contribution in [2.45, 2.75) is 50.2 Å². The Balaban J connectivity index is 1.46. The van der Waals surface area contributed by atoms with Crippen LogP contribution in [0.3, 0.4) is 0 Å². The molecule has 2 aromatic rings. The van der Waals surface area contributed by atoms with Crippen molar-refractivity contribution >= 4 is 23.9 Å². The lowest BCUT2D eigenvalue weighted by molar-refractivity contribution is -0.271. The molecule has 5 unspecified atom stereocenters. The summed E-state index contributed by atoms with van der Waals surface area (Å²) in [4.78, 5) is 24.0. The van der Waals surface area contributed by atoms with Gasteiger partial charge in [0.05, 0.1) is 12.7 Å². The first kappa shape index (κ1) is 26.4. The van der Waals surface area contributed by atoms with Crippen LogP contribution in [0.5, 0.6) is 17.2 Å². The number of aliphatic hydroxyl groups is 3. The van der Waals surface area contributed by atoms with Crippen LogP contribution in [-0.2, 0) is 9.53 Å². The van der Waals surface area contributed by atoms with Gasteiger partial charge in [-0.3, -0.25) is 4.79 Å². The van der Waals surface area contributed by atoms with Gasteiger partial charge in [-0.15, -0.1) is 0 Å². The van der Waals surface area contributed by atoms with E-state index in [0.717, 1.165) is 5.56 Å². The number of hydrogen-bond acceptors (Lipinski definition) is 9. The SMILES string of the molecule is COc1c(/C=C/C(=O)c2ccc(OC3OC(C(=O)O)C(O)C(O)C3O)cc2)ccc2c1C=CC(C)(C)O2. The Hall–Kier alpha value is -3.70. The van der Waals surface area contributed by atoms with Crippen LogP contribution in [0.4, 0.5) is 0 Å². The van der Waals surface area contributed by atoms with Crippen molar-refractivity contribution in [2.24, 2.45) is 0 Å². The molecule has 1 saturated heterocycles. The van der Waals surface area contributed by atoms with Gasteiger partial charge in [0, 0.05) is 11.1 Å². The third-order valence-corrected chi connectivity index (χ3v) is 6.03. The minimum atomic E-state index is -1.82. The average Bonchev–Trinajstić information content (AvgIpc) is 2.86. The maximum atomic E-state index is 12.7. The van der Waals surface area contributed by atoms with Gasteiger partial charge >= 0.3 is 5.97 Å². The Bertz CT molecular complexity index is 1230. The number of aliphatic hydroxyl groups excluding tert-OH is 3. The molecule has 0 aliphatic carbocycles. The fraction of sp³-hybridized carbons (Fsp3) is 0.333. The van der Waals surface area contributed by atoms with E-state index in [2.05, 4.69) is 0 Å². The summed E-state index contributed by atoms with van der Waals surface area (Å²) in [5.41, 5.74) is 1.39. The van der Waals surface area contributed by atoms with Crippen LogP contribution in [0.2, 0.25) is 0 Å². The highest BCUT2D eigenvalue weighted by Gasteiger charge is 2.48. The number of ether oxygens (including phenoxy) is 4. The number of methoxy groups -OCH3 is 1. The standard InChI is InChI=1S/C27H28O10/c1-27(2)13-12-17-19(37-27)11-7-15(23(17)34-3)6-10-18(28)14-4-8-16(9-5-14)35-26-22(31)20(29)21(30)24(36-26)25(32)33/h4-13,20-22,24,26,29-31H,1-3H3,(H,32,33)/b10-6+. The van der Waals surface area contributed by atoms with Crippen LogP contribution in [0.25, 0.3) is 12.2 Å². The van der Waals surface area contributed by atoms with Gasteiger partial charge in [0.25, 0.3) is 0 Å². The lowest BCUT2D eigenvalue weighted by Crippen LogP contribution is -2.61. The van der Waals surface area contributed by atoms with Gasteiger partial charge < -0.3 is 39.4 Å². The summed E-state index contributed by atoms with van der Waals surface area (Å²) >= 11 is 0. The highest BCUT2D eigenvalue weighted by atomic mass is 16.7. The molecule has 4 N–H and O–H groups in total. The van der Waals surface area contributed by atoms with Crippen LogP contribution >= 0.6 is 0 Å². The van der Waals surface area contributed by atoms with Gasteiger partial charge in [-0.05, 0) is 74.5 Å². The molecule has 2 aliphatic rings. The van der Waals surface area contributed by atoms with Gasteiger partial charge in [-0.2, -0.15) is 0 Å². The molecular formula is C27H28O10. The number of benzene rings is 2. The van der Waals surface area contributed by atoms with E-state index in [-0.39, 0.29) is 11.5 Å². The van der Waals surface area contributed by atoms with Crippen molar-refractivity contribution in [2.75, 3.05) is 7.11 Å². The molecule has 4 rings (SSSR count). The van der Waals surface area contributed by atoms with Crippen LogP contribution in [0, 0.1) is 0 Å². The largest absolute Gasteiger partial charge is 0.495 e. The average molecular weight is 513 g/mol. The Kier molecular flexibility index (Phi) is 7.37. The van der Waals surface area contributed by atoms with Crippen molar-refractivity contribution in [1.29, 1.82) is 0 Å². The minimum Gasteiger partial charge on any atom is -0.495 e. The quantitative estimate of drug-likeness (QED) is 0.320. The van der Waals surface area contributed by atoms with E-state index in [1.54, 1.807) is 19.3 Å². The first-order valence-corrected chi connectivity index (χ1v) is 11.5. The number of carboxylic acids is 1. The van der Waals surface area contributed by atoms with Gasteiger partial charge in [0.1, 0.15) is 41.2 Å². The monoisotopic (exact) mass is 512 g/mol. The number of carbonyl (C=O) groups is 2. The van der Waals surface area contributed by atoms with E-state index in [9.17, 15) is 24.9 Å². The predicted molar refractivity (Wildman–Crippen MR) is 131 cm³/mol. The smallest absolute Gasteiger partial charge is 0.335 e. The summed E-state index contributed by atoms with van der Waals surface area (Å²) in [6.45, 7) is 3.90. The van der Waals surface area contributed by atoms with Gasteiger partial charge in [-0.25, -0.2) is 4.79 Å². The number of fused-ring (bicyclic) bond motifs is 1. The Morgan fingerprint density at radius 1 is 1.00 bits per heavy atom.